The van der Waals surface area contributed by atoms with Crippen LogP contribution in [0.3, 0.4) is 0 Å². The molecule has 0 aromatic rings. The molecular formula is C15H28N2. The zero-order valence-electron chi connectivity index (χ0n) is 11.2. The largest absolute Gasteiger partial charge is 0.242 e. The Balaban J connectivity index is 1.65. The molecule has 2 heteroatoms. The van der Waals surface area contributed by atoms with E-state index in [-0.39, 0.29) is 0 Å². The van der Waals surface area contributed by atoms with E-state index in [2.05, 4.69) is 10.0 Å². The van der Waals surface area contributed by atoms with Gasteiger partial charge in [-0.2, -0.15) is 0 Å². The van der Waals surface area contributed by atoms with E-state index in [0.717, 1.165) is 12.0 Å². The molecule has 1 atom stereocenters. The van der Waals surface area contributed by atoms with Crippen molar-refractivity contribution in [3.05, 3.63) is 0 Å². The minimum Gasteiger partial charge on any atom is -0.242 e. The molecule has 2 heterocycles. The van der Waals surface area contributed by atoms with Gasteiger partial charge in [-0.05, 0) is 44.4 Å². The number of hydrazine groups is 1. The molecule has 0 amide bonds. The van der Waals surface area contributed by atoms with Gasteiger partial charge in [-0.3, -0.25) is 0 Å². The van der Waals surface area contributed by atoms with Gasteiger partial charge >= 0.3 is 0 Å². The van der Waals surface area contributed by atoms with Gasteiger partial charge in [0.2, 0.25) is 0 Å². The highest BCUT2D eigenvalue weighted by Gasteiger charge is 2.34. The van der Waals surface area contributed by atoms with Crippen molar-refractivity contribution in [2.24, 2.45) is 5.92 Å². The standard InChI is InChI=1S/C15H28N2/c1-2-8-14(9-3-1)15-10-4-5-13-17(15)16-11-6-7-12-16/h14-15H,1-13H2. The van der Waals surface area contributed by atoms with Crippen molar-refractivity contribution in [1.82, 2.24) is 10.0 Å². The Morgan fingerprint density at radius 3 is 2.00 bits per heavy atom. The fourth-order valence-electron chi connectivity index (χ4n) is 4.25. The van der Waals surface area contributed by atoms with Crippen molar-refractivity contribution in [1.29, 1.82) is 0 Å². The lowest BCUT2D eigenvalue weighted by molar-refractivity contribution is -0.0855. The van der Waals surface area contributed by atoms with Crippen molar-refractivity contribution >= 4 is 0 Å². The van der Waals surface area contributed by atoms with Gasteiger partial charge in [0.1, 0.15) is 0 Å². The highest BCUT2D eigenvalue weighted by molar-refractivity contribution is 4.85. The van der Waals surface area contributed by atoms with Crippen LogP contribution in [0, 0.1) is 5.92 Å². The second-order valence-corrected chi connectivity index (χ2v) is 6.29. The van der Waals surface area contributed by atoms with Crippen LogP contribution in [-0.2, 0) is 0 Å². The minimum atomic E-state index is 0.905. The Labute approximate surface area is 106 Å². The van der Waals surface area contributed by atoms with Crippen LogP contribution in [0.15, 0.2) is 0 Å². The quantitative estimate of drug-likeness (QED) is 0.725. The Bertz CT molecular complexity index is 229. The van der Waals surface area contributed by atoms with E-state index >= 15 is 0 Å². The Kier molecular flexibility index (Phi) is 4.02. The number of nitrogens with zero attached hydrogens (tertiary/aromatic N) is 2. The Morgan fingerprint density at radius 2 is 1.24 bits per heavy atom. The van der Waals surface area contributed by atoms with Gasteiger partial charge in [-0.15, -0.1) is 0 Å². The molecule has 0 bridgehead atoms. The first-order valence-electron chi connectivity index (χ1n) is 7.96. The van der Waals surface area contributed by atoms with Crippen LogP contribution in [0.25, 0.3) is 0 Å². The number of hydrogen-bond donors (Lipinski definition) is 0. The molecule has 2 saturated heterocycles. The predicted octanol–water partition coefficient (Wildman–Crippen LogP) is 3.43. The van der Waals surface area contributed by atoms with Crippen LogP contribution in [0.1, 0.15) is 64.2 Å². The Morgan fingerprint density at radius 1 is 0.588 bits per heavy atom. The van der Waals surface area contributed by atoms with Crippen LogP contribution in [-0.4, -0.2) is 35.7 Å². The summed E-state index contributed by atoms with van der Waals surface area (Å²) in [7, 11) is 0. The molecule has 3 fully saturated rings. The molecule has 3 rings (SSSR count). The molecule has 0 aromatic carbocycles. The molecule has 2 aliphatic heterocycles. The topological polar surface area (TPSA) is 6.48 Å². The average molecular weight is 236 g/mol. The molecule has 3 aliphatic rings. The van der Waals surface area contributed by atoms with Crippen LogP contribution in [0.2, 0.25) is 0 Å². The number of hydrogen-bond acceptors (Lipinski definition) is 2. The predicted molar refractivity (Wildman–Crippen MR) is 71.7 cm³/mol. The summed E-state index contributed by atoms with van der Waals surface area (Å²) < 4.78 is 0. The lowest BCUT2D eigenvalue weighted by atomic mass is 9.80. The summed E-state index contributed by atoms with van der Waals surface area (Å²) in [5.74, 6) is 1.02. The monoisotopic (exact) mass is 236 g/mol. The first-order valence-corrected chi connectivity index (χ1v) is 7.96. The zero-order chi connectivity index (χ0) is 11.5. The third-order valence-electron chi connectivity index (χ3n) is 5.16. The normalized spacial score (nSPS) is 34.2. The molecule has 17 heavy (non-hydrogen) atoms. The van der Waals surface area contributed by atoms with Gasteiger partial charge in [-0.25, -0.2) is 10.0 Å². The molecule has 1 saturated carbocycles. The highest BCUT2D eigenvalue weighted by Crippen LogP contribution is 2.35. The summed E-state index contributed by atoms with van der Waals surface area (Å²) in [6.45, 7) is 4.02. The summed E-state index contributed by atoms with van der Waals surface area (Å²) >= 11 is 0. The maximum absolute atomic E-state index is 2.80. The van der Waals surface area contributed by atoms with E-state index in [0.29, 0.717) is 0 Å². The van der Waals surface area contributed by atoms with E-state index in [1.54, 1.807) is 0 Å². The van der Waals surface area contributed by atoms with E-state index < -0.39 is 0 Å². The third kappa shape index (κ3) is 2.68. The maximum Gasteiger partial charge on any atom is 0.0274 e. The van der Waals surface area contributed by atoms with Gasteiger partial charge < -0.3 is 0 Å². The second-order valence-electron chi connectivity index (χ2n) is 6.29. The van der Waals surface area contributed by atoms with Crippen LogP contribution in [0.4, 0.5) is 0 Å². The molecule has 0 aromatic heterocycles. The first-order chi connectivity index (χ1) is 8.45. The smallest absolute Gasteiger partial charge is 0.0274 e. The van der Waals surface area contributed by atoms with E-state index in [1.165, 1.54) is 83.8 Å². The molecule has 0 spiro atoms. The number of piperidine rings is 1. The lowest BCUT2D eigenvalue weighted by Crippen LogP contribution is -2.53. The average Bonchev–Trinajstić information content (AvgIpc) is 2.94. The fraction of sp³-hybridized carbons (Fsp3) is 1.00. The van der Waals surface area contributed by atoms with Crippen LogP contribution < -0.4 is 0 Å². The van der Waals surface area contributed by atoms with Crippen molar-refractivity contribution in [2.75, 3.05) is 19.6 Å². The molecule has 1 aliphatic carbocycles. The number of rotatable bonds is 2. The van der Waals surface area contributed by atoms with Gasteiger partial charge in [0, 0.05) is 25.7 Å². The zero-order valence-corrected chi connectivity index (χ0v) is 11.2. The highest BCUT2D eigenvalue weighted by atomic mass is 15.6. The van der Waals surface area contributed by atoms with E-state index in [1.807, 2.05) is 0 Å². The minimum absolute atomic E-state index is 0.905. The summed E-state index contributed by atoms with van der Waals surface area (Å²) in [4.78, 5) is 0. The van der Waals surface area contributed by atoms with E-state index in [4.69, 9.17) is 0 Å². The van der Waals surface area contributed by atoms with Gasteiger partial charge in [-0.1, -0.05) is 25.7 Å². The van der Waals surface area contributed by atoms with E-state index in [9.17, 15) is 0 Å². The van der Waals surface area contributed by atoms with Crippen molar-refractivity contribution in [3.63, 3.8) is 0 Å². The second kappa shape index (κ2) is 5.71. The summed E-state index contributed by atoms with van der Waals surface area (Å²) in [6.07, 6.45) is 14.7. The lowest BCUT2D eigenvalue weighted by Gasteiger charge is -2.46. The van der Waals surface area contributed by atoms with Crippen LogP contribution in [0.5, 0.6) is 0 Å². The SMILES string of the molecule is C1CCC(C2CCCCN2N2CCCC2)CC1. The van der Waals surface area contributed by atoms with Crippen LogP contribution >= 0.6 is 0 Å². The summed E-state index contributed by atoms with van der Waals surface area (Å²) in [5, 5.41) is 5.49. The molecule has 2 nitrogen and oxygen atoms in total. The van der Waals surface area contributed by atoms with Crippen molar-refractivity contribution in [3.8, 4) is 0 Å². The van der Waals surface area contributed by atoms with Gasteiger partial charge in [0.15, 0.2) is 0 Å². The molecule has 1 unspecified atom stereocenters. The van der Waals surface area contributed by atoms with Crippen molar-refractivity contribution in [2.45, 2.75) is 70.3 Å². The summed E-state index contributed by atoms with van der Waals surface area (Å²) in [5.41, 5.74) is 0. The maximum atomic E-state index is 2.80. The molecule has 98 valence electrons. The fourth-order valence-corrected chi connectivity index (χ4v) is 4.25. The van der Waals surface area contributed by atoms with Crippen molar-refractivity contribution < 1.29 is 0 Å². The molecule has 0 radical (unpaired) electrons. The Hall–Kier alpha value is -0.0800. The molecular weight excluding hydrogens is 208 g/mol. The van der Waals surface area contributed by atoms with Gasteiger partial charge in [0.25, 0.3) is 0 Å². The van der Waals surface area contributed by atoms with Gasteiger partial charge in [0.05, 0.1) is 0 Å². The molecule has 0 N–H and O–H groups in total. The first kappa shape index (κ1) is 12.0. The summed E-state index contributed by atoms with van der Waals surface area (Å²) in [6, 6.07) is 0.905. The third-order valence-corrected chi connectivity index (χ3v) is 5.16.